The van der Waals surface area contributed by atoms with Crippen molar-refractivity contribution < 1.29 is 13.2 Å². The van der Waals surface area contributed by atoms with Crippen LogP contribution in [-0.4, -0.2) is 41.8 Å². The first-order valence-corrected chi connectivity index (χ1v) is 10.3. The molecule has 0 saturated carbocycles. The van der Waals surface area contributed by atoms with Crippen LogP contribution in [-0.2, 0) is 9.84 Å². The van der Waals surface area contributed by atoms with Crippen molar-refractivity contribution in [2.24, 2.45) is 0 Å². The molecule has 26 heavy (non-hydrogen) atoms. The highest BCUT2D eigenvalue weighted by molar-refractivity contribution is 7.91. The molecule has 1 aromatic carbocycles. The number of carbonyl (C=O) groups excluding carboxylic acids is 1. The molecule has 7 nitrogen and oxygen atoms in total. The first-order chi connectivity index (χ1) is 12.2. The zero-order valence-corrected chi connectivity index (χ0v) is 15.9. The van der Waals surface area contributed by atoms with E-state index in [1.54, 1.807) is 13.0 Å². The Morgan fingerprint density at radius 1 is 1.15 bits per heavy atom. The van der Waals surface area contributed by atoms with Gasteiger partial charge in [0.2, 0.25) is 5.95 Å². The summed E-state index contributed by atoms with van der Waals surface area (Å²) >= 11 is 0. The normalized spacial score (nSPS) is 18.5. The maximum Gasteiger partial charge on any atom is 0.270 e. The van der Waals surface area contributed by atoms with Crippen LogP contribution in [0.1, 0.15) is 33.7 Å². The number of hydrogen-bond donors (Lipinski definition) is 2. The summed E-state index contributed by atoms with van der Waals surface area (Å²) in [6, 6.07) is 7.17. The van der Waals surface area contributed by atoms with Crippen molar-refractivity contribution in [2.45, 2.75) is 33.2 Å². The predicted molar refractivity (Wildman–Crippen MR) is 100 cm³/mol. The lowest BCUT2D eigenvalue weighted by atomic mass is 10.1. The van der Waals surface area contributed by atoms with Gasteiger partial charge in [-0.1, -0.05) is 18.2 Å². The van der Waals surface area contributed by atoms with E-state index in [2.05, 4.69) is 20.6 Å². The van der Waals surface area contributed by atoms with Gasteiger partial charge >= 0.3 is 0 Å². The lowest BCUT2D eigenvalue weighted by molar-refractivity contribution is 0.0936. The summed E-state index contributed by atoms with van der Waals surface area (Å²) in [6.45, 7) is 5.76. The van der Waals surface area contributed by atoms with Crippen molar-refractivity contribution in [3.8, 4) is 0 Å². The Balaban J connectivity index is 1.80. The van der Waals surface area contributed by atoms with Crippen LogP contribution in [0, 0.1) is 20.8 Å². The Hall–Kier alpha value is -2.48. The Bertz CT molecular complexity index is 937. The Labute approximate surface area is 153 Å². The summed E-state index contributed by atoms with van der Waals surface area (Å²) in [7, 11) is -3.05. The predicted octanol–water partition coefficient (Wildman–Crippen LogP) is 2.06. The van der Waals surface area contributed by atoms with Gasteiger partial charge in [0.05, 0.1) is 11.5 Å². The molecule has 0 bridgehead atoms. The number of para-hydroxylation sites is 1. The van der Waals surface area contributed by atoms with Gasteiger partial charge in [0.1, 0.15) is 5.69 Å². The van der Waals surface area contributed by atoms with Crippen LogP contribution >= 0.6 is 0 Å². The molecule has 1 aromatic heterocycles. The maximum absolute atomic E-state index is 12.5. The summed E-state index contributed by atoms with van der Waals surface area (Å²) in [6.07, 6.45) is 0.436. The fraction of sp³-hybridized carbons (Fsp3) is 0.389. The Morgan fingerprint density at radius 3 is 2.46 bits per heavy atom. The molecule has 138 valence electrons. The number of amides is 1. The average Bonchev–Trinajstić information content (AvgIpc) is 2.89. The highest BCUT2D eigenvalue weighted by atomic mass is 32.2. The summed E-state index contributed by atoms with van der Waals surface area (Å²) in [4.78, 5) is 21.1. The lowest BCUT2D eigenvalue weighted by Crippen LogP contribution is -2.36. The van der Waals surface area contributed by atoms with Crippen molar-refractivity contribution in [3.05, 3.63) is 46.8 Å². The van der Waals surface area contributed by atoms with Crippen LogP contribution in [0.15, 0.2) is 24.3 Å². The number of anilines is 2. The summed E-state index contributed by atoms with van der Waals surface area (Å²) in [5.41, 5.74) is 3.88. The highest BCUT2D eigenvalue weighted by Crippen LogP contribution is 2.23. The van der Waals surface area contributed by atoms with Crippen LogP contribution < -0.4 is 10.6 Å². The van der Waals surface area contributed by atoms with Crippen molar-refractivity contribution >= 4 is 27.4 Å². The van der Waals surface area contributed by atoms with Crippen molar-refractivity contribution in [1.82, 2.24) is 15.3 Å². The smallest absolute Gasteiger partial charge is 0.270 e. The minimum atomic E-state index is -3.05. The fourth-order valence-corrected chi connectivity index (χ4v) is 4.71. The van der Waals surface area contributed by atoms with Gasteiger partial charge in [-0.25, -0.2) is 18.4 Å². The maximum atomic E-state index is 12.5. The quantitative estimate of drug-likeness (QED) is 0.849. The lowest BCUT2D eigenvalue weighted by Gasteiger charge is -2.14. The number of nitrogens with zero attached hydrogens (tertiary/aromatic N) is 2. The fourth-order valence-electron chi connectivity index (χ4n) is 3.03. The third-order valence-corrected chi connectivity index (χ3v) is 6.14. The van der Waals surface area contributed by atoms with E-state index in [0.29, 0.717) is 18.1 Å². The van der Waals surface area contributed by atoms with Crippen LogP contribution in [0.25, 0.3) is 0 Å². The number of nitrogens with one attached hydrogen (secondary N) is 2. The second-order valence-corrected chi connectivity index (χ2v) is 8.91. The zero-order valence-electron chi connectivity index (χ0n) is 15.0. The summed E-state index contributed by atoms with van der Waals surface area (Å²) < 4.78 is 23.1. The molecular formula is C18H22N4O3S. The highest BCUT2D eigenvalue weighted by Gasteiger charge is 2.29. The minimum Gasteiger partial charge on any atom is -0.347 e. The van der Waals surface area contributed by atoms with Gasteiger partial charge < -0.3 is 10.6 Å². The SMILES string of the molecule is Cc1cc(C(=O)NC2CCS(=O)(=O)C2)nc(Nc2c(C)cccc2C)n1. The van der Waals surface area contributed by atoms with Gasteiger partial charge in [0.15, 0.2) is 9.84 Å². The molecule has 0 spiro atoms. The molecule has 8 heteroatoms. The molecule has 1 aliphatic rings. The zero-order chi connectivity index (χ0) is 18.9. The first-order valence-electron chi connectivity index (χ1n) is 8.44. The van der Waals surface area contributed by atoms with E-state index in [-0.39, 0.29) is 29.1 Å². The van der Waals surface area contributed by atoms with Gasteiger partial charge in [0, 0.05) is 17.4 Å². The number of hydrogen-bond acceptors (Lipinski definition) is 6. The molecule has 1 amide bonds. The van der Waals surface area contributed by atoms with Gasteiger partial charge in [-0.2, -0.15) is 0 Å². The molecule has 0 aliphatic carbocycles. The van der Waals surface area contributed by atoms with Gasteiger partial charge in [-0.15, -0.1) is 0 Å². The van der Waals surface area contributed by atoms with Crippen molar-refractivity contribution in [3.63, 3.8) is 0 Å². The van der Waals surface area contributed by atoms with Crippen molar-refractivity contribution in [2.75, 3.05) is 16.8 Å². The molecule has 2 N–H and O–H groups in total. The molecule has 1 unspecified atom stereocenters. The average molecular weight is 374 g/mol. The van der Waals surface area contributed by atoms with Crippen LogP contribution in [0.3, 0.4) is 0 Å². The van der Waals surface area contributed by atoms with Gasteiger partial charge in [0.25, 0.3) is 5.91 Å². The molecule has 2 aromatic rings. The van der Waals surface area contributed by atoms with E-state index in [1.807, 2.05) is 32.0 Å². The van der Waals surface area contributed by atoms with Gasteiger partial charge in [-0.05, 0) is 44.4 Å². The van der Waals surface area contributed by atoms with E-state index in [9.17, 15) is 13.2 Å². The van der Waals surface area contributed by atoms with E-state index < -0.39 is 9.84 Å². The second kappa shape index (κ2) is 7.03. The number of aryl methyl sites for hydroxylation is 3. The number of aromatic nitrogens is 2. The van der Waals surface area contributed by atoms with E-state index >= 15 is 0 Å². The minimum absolute atomic E-state index is 0.0175. The molecule has 1 atom stereocenters. The van der Waals surface area contributed by atoms with Crippen LogP contribution in [0.5, 0.6) is 0 Å². The van der Waals surface area contributed by atoms with Crippen LogP contribution in [0.2, 0.25) is 0 Å². The van der Waals surface area contributed by atoms with Crippen molar-refractivity contribution in [1.29, 1.82) is 0 Å². The third kappa shape index (κ3) is 4.19. The largest absolute Gasteiger partial charge is 0.347 e. The van der Waals surface area contributed by atoms with E-state index in [4.69, 9.17) is 0 Å². The number of carbonyl (C=O) groups is 1. The van der Waals surface area contributed by atoms with E-state index in [1.165, 1.54) is 0 Å². The molecule has 1 saturated heterocycles. The standard InChI is InChI=1S/C18H22N4O3S/c1-11-5-4-6-12(2)16(11)22-18-19-13(3)9-15(21-18)17(23)20-14-7-8-26(24,25)10-14/h4-6,9,14H,7-8,10H2,1-3H3,(H,20,23)(H,19,21,22). The molecular weight excluding hydrogens is 352 g/mol. The monoisotopic (exact) mass is 374 g/mol. The molecule has 1 aliphatic heterocycles. The molecule has 2 heterocycles. The van der Waals surface area contributed by atoms with Crippen LogP contribution in [0.4, 0.5) is 11.6 Å². The number of benzene rings is 1. The second-order valence-electron chi connectivity index (χ2n) is 6.68. The van der Waals surface area contributed by atoms with E-state index in [0.717, 1.165) is 16.8 Å². The molecule has 3 rings (SSSR count). The summed E-state index contributed by atoms with van der Waals surface area (Å²) in [5, 5.41) is 5.94. The molecule has 0 radical (unpaired) electrons. The van der Waals surface area contributed by atoms with Gasteiger partial charge in [-0.3, -0.25) is 4.79 Å². The Morgan fingerprint density at radius 2 is 1.85 bits per heavy atom. The first kappa shape index (κ1) is 18.3. The molecule has 1 fully saturated rings. The number of sulfone groups is 1. The Kier molecular flexibility index (Phi) is 4.95. The number of rotatable bonds is 4. The third-order valence-electron chi connectivity index (χ3n) is 4.37. The summed E-state index contributed by atoms with van der Waals surface area (Å²) in [5.74, 6) is 0.0462. The topological polar surface area (TPSA) is 101 Å².